The molecule has 3 rings (SSSR count). The Morgan fingerprint density at radius 2 is 1.85 bits per heavy atom. The molecular formula is C21H27N3O3. The Morgan fingerprint density at radius 1 is 1.07 bits per heavy atom. The van der Waals surface area contributed by atoms with E-state index in [1.54, 1.807) is 14.2 Å². The van der Waals surface area contributed by atoms with Crippen LogP contribution in [0.1, 0.15) is 31.2 Å². The maximum absolute atomic E-state index is 6.21. The van der Waals surface area contributed by atoms with E-state index in [1.807, 2.05) is 42.5 Å². The average molecular weight is 369 g/mol. The number of methoxy groups -OCH3 is 2. The fourth-order valence-corrected chi connectivity index (χ4v) is 3.18. The first kappa shape index (κ1) is 18.9. The highest BCUT2D eigenvalue weighted by atomic mass is 16.5. The van der Waals surface area contributed by atoms with Crippen LogP contribution in [-0.2, 0) is 6.54 Å². The largest absolute Gasteiger partial charge is 0.497 e. The fourth-order valence-electron chi connectivity index (χ4n) is 3.18. The van der Waals surface area contributed by atoms with E-state index < -0.39 is 0 Å². The average Bonchev–Trinajstić information content (AvgIpc) is 3.20. The summed E-state index contributed by atoms with van der Waals surface area (Å²) in [6.45, 7) is 0.417. The van der Waals surface area contributed by atoms with E-state index >= 15 is 0 Å². The molecule has 0 bridgehead atoms. The lowest BCUT2D eigenvalue weighted by Gasteiger charge is -2.17. The molecule has 0 saturated heterocycles. The second-order valence-electron chi connectivity index (χ2n) is 6.52. The van der Waals surface area contributed by atoms with Gasteiger partial charge in [-0.15, -0.1) is 0 Å². The predicted molar refractivity (Wildman–Crippen MR) is 108 cm³/mol. The van der Waals surface area contributed by atoms with Crippen molar-refractivity contribution in [2.75, 3.05) is 19.5 Å². The lowest BCUT2D eigenvalue weighted by molar-refractivity contribution is 0.207. The van der Waals surface area contributed by atoms with Crippen molar-refractivity contribution in [3.05, 3.63) is 48.0 Å². The van der Waals surface area contributed by atoms with Gasteiger partial charge in [-0.3, -0.25) is 0 Å². The summed E-state index contributed by atoms with van der Waals surface area (Å²) in [5, 5.41) is 3.08. The van der Waals surface area contributed by atoms with Crippen LogP contribution >= 0.6 is 0 Å². The first-order valence-corrected chi connectivity index (χ1v) is 9.23. The van der Waals surface area contributed by atoms with Crippen LogP contribution < -0.4 is 25.3 Å². The van der Waals surface area contributed by atoms with Crippen molar-refractivity contribution in [1.82, 2.24) is 0 Å². The van der Waals surface area contributed by atoms with Gasteiger partial charge in [-0.05, 0) is 49.9 Å². The van der Waals surface area contributed by atoms with Crippen LogP contribution in [0.5, 0.6) is 17.2 Å². The number of nitrogens with zero attached hydrogens (tertiary/aromatic N) is 1. The van der Waals surface area contributed by atoms with Gasteiger partial charge in [0.2, 0.25) is 0 Å². The SMILES string of the molecule is COc1ccc(CN=C(N)Nc2ccccc2OC)c(OC2CCCC2)c1. The molecule has 1 aliphatic rings. The van der Waals surface area contributed by atoms with Gasteiger partial charge in [-0.25, -0.2) is 4.99 Å². The summed E-state index contributed by atoms with van der Waals surface area (Å²) in [7, 11) is 3.28. The maximum Gasteiger partial charge on any atom is 0.193 e. The van der Waals surface area contributed by atoms with E-state index in [2.05, 4.69) is 10.3 Å². The van der Waals surface area contributed by atoms with Crippen LogP contribution in [0.2, 0.25) is 0 Å². The van der Waals surface area contributed by atoms with E-state index in [0.717, 1.165) is 35.6 Å². The first-order chi connectivity index (χ1) is 13.2. The van der Waals surface area contributed by atoms with E-state index in [-0.39, 0.29) is 6.10 Å². The molecule has 0 heterocycles. The molecule has 3 N–H and O–H groups in total. The third kappa shape index (κ3) is 5.06. The molecule has 0 atom stereocenters. The number of ether oxygens (including phenoxy) is 3. The highest BCUT2D eigenvalue weighted by Crippen LogP contribution is 2.30. The Hall–Kier alpha value is -2.89. The summed E-state index contributed by atoms with van der Waals surface area (Å²) in [6.07, 6.45) is 4.90. The molecule has 0 radical (unpaired) electrons. The van der Waals surface area contributed by atoms with Crippen molar-refractivity contribution in [3.63, 3.8) is 0 Å². The van der Waals surface area contributed by atoms with Crippen molar-refractivity contribution < 1.29 is 14.2 Å². The summed E-state index contributed by atoms with van der Waals surface area (Å²) in [5.74, 6) is 2.62. The Kier molecular flexibility index (Phi) is 6.41. The quantitative estimate of drug-likeness (QED) is 0.571. The Balaban J connectivity index is 1.72. The van der Waals surface area contributed by atoms with Gasteiger partial charge in [-0.1, -0.05) is 12.1 Å². The number of benzene rings is 2. The van der Waals surface area contributed by atoms with Gasteiger partial charge in [0.25, 0.3) is 0 Å². The Labute approximate surface area is 160 Å². The molecule has 0 aliphatic heterocycles. The maximum atomic E-state index is 6.21. The minimum Gasteiger partial charge on any atom is -0.497 e. The van der Waals surface area contributed by atoms with Crippen molar-refractivity contribution in [2.45, 2.75) is 38.3 Å². The van der Waals surface area contributed by atoms with E-state index in [0.29, 0.717) is 18.3 Å². The highest BCUT2D eigenvalue weighted by Gasteiger charge is 2.18. The zero-order valence-corrected chi connectivity index (χ0v) is 15.9. The van der Waals surface area contributed by atoms with E-state index in [4.69, 9.17) is 19.9 Å². The second-order valence-corrected chi connectivity index (χ2v) is 6.52. The molecule has 2 aromatic rings. The molecular weight excluding hydrogens is 342 g/mol. The van der Waals surface area contributed by atoms with Gasteiger partial charge in [0.05, 0.1) is 32.6 Å². The molecule has 1 fully saturated rings. The number of anilines is 1. The Morgan fingerprint density at radius 3 is 2.59 bits per heavy atom. The molecule has 2 aromatic carbocycles. The van der Waals surface area contributed by atoms with Gasteiger partial charge in [0.15, 0.2) is 5.96 Å². The zero-order valence-electron chi connectivity index (χ0n) is 15.9. The van der Waals surface area contributed by atoms with E-state index in [9.17, 15) is 0 Å². The van der Waals surface area contributed by atoms with Crippen LogP contribution in [-0.4, -0.2) is 26.3 Å². The first-order valence-electron chi connectivity index (χ1n) is 9.23. The summed E-state index contributed by atoms with van der Waals surface area (Å²) in [4.78, 5) is 4.46. The second kappa shape index (κ2) is 9.16. The normalized spacial score (nSPS) is 14.8. The van der Waals surface area contributed by atoms with Crippen LogP contribution in [0.15, 0.2) is 47.5 Å². The standard InChI is InChI=1S/C21H27N3O3/c1-25-17-12-11-15(20(13-17)27-16-7-3-4-8-16)14-23-21(22)24-18-9-5-6-10-19(18)26-2/h5-6,9-13,16H,3-4,7-8,14H2,1-2H3,(H3,22,23,24). The van der Waals surface area contributed by atoms with Crippen LogP contribution in [0.3, 0.4) is 0 Å². The summed E-state index contributed by atoms with van der Waals surface area (Å²) in [5.41, 5.74) is 7.82. The molecule has 144 valence electrons. The summed E-state index contributed by atoms with van der Waals surface area (Å²) < 4.78 is 16.9. The minimum absolute atomic E-state index is 0.267. The van der Waals surface area contributed by atoms with Crippen LogP contribution in [0.25, 0.3) is 0 Å². The smallest absolute Gasteiger partial charge is 0.193 e. The van der Waals surface area contributed by atoms with Crippen molar-refractivity contribution in [3.8, 4) is 17.2 Å². The third-order valence-corrected chi connectivity index (χ3v) is 4.66. The molecule has 6 heteroatoms. The highest BCUT2D eigenvalue weighted by molar-refractivity contribution is 5.93. The number of nitrogens with one attached hydrogen (secondary N) is 1. The van der Waals surface area contributed by atoms with Gasteiger partial charge in [0.1, 0.15) is 17.2 Å². The predicted octanol–water partition coefficient (Wildman–Crippen LogP) is 3.95. The fraction of sp³-hybridized carbons (Fsp3) is 0.381. The topological polar surface area (TPSA) is 78.1 Å². The molecule has 0 amide bonds. The molecule has 1 saturated carbocycles. The monoisotopic (exact) mass is 369 g/mol. The van der Waals surface area contributed by atoms with Crippen LogP contribution in [0, 0.1) is 0 Å². The number of para-hydroxylation sites is 2. The third-order valence-electron chi connectivity index (χ3n) is 4.66. The van der Waals surface area contributed by atoms with Gasteiger partial charge >= 0.3 is 0 Å². The van der Waals surface area contributed by atoms with Crippen LogP contribution in [0.4, 0.5) is 5.69 Å². The van der Waals surface area contributed by atoms with E-state index in [1.165, 1.54) is 12.8 Å². The summed E-state index contributed by atoms with van der Waals surface area (Å²) >= 11 is 0. The van der Waals surface area contributed by atoms with Crippen molar-refractivity contribution in [2.24, 2.45) is 10.7 Å². The van der Waals surface area contributed by atoms with Crippen molar-refractivity contribution >= 4 is 11.6 Å². The molecule has 6 nitrogen and oxygen atoms in total. The minimum atomic E-state index is 0.267. The molecule has 0 unspecified atom stereocenters. The van der Waals surface area contributed by atoms with Gasteiger partial charge < -0.3 is 25.3 Å². The molecule has 27 heavy (non-hydrogen) atoms. The lowest BCUT2D eigenvalue weighted by Crippen LogP contribution is -2.23. The zero-order chi connectivity index (χ0) is 19.1. The number of aliphatic imine (C=N–C) groups is 1. The van der Waals surface area contributed by atoms with Gasteiger partial charge in [-0.2, -0.15) is 0 Å². The van der Waals surface area contributed by atoms with Crippen molar-refractivity contribution in [1.29, 1.82) is 0 Å². The number of hydrogen-bond acceptors (Lipinski definition) is 4. The lowest BCUT2D eigenvalue weighted by atomic mass is 10.2. The number of guanidine groups is 1. The number of nitrogens with two attached hydrogens (primary N) is 1. The molecule has 1 aliphatic carbocycles. The Bertz CT molecular complexity index is 786. The molecule has 0 aromatic heterocycles. The molecule has 0 spiro atoms. The number of hydrogen-bond donors (Lipinski definition) is 2. The summed E-state index contributed by atoms with van der Waals surface area (Å²) in [6, 6.07) is 13.4. The number of rotatable bonds is 7. The van der Waals surface area contributed by atoms with Gasteiger partial charge in [0, 0.05) is 11.6 Å².